The molecule has 1 aromatic carbocycles. The molecule has 0 unspecified atom stereocenters. The molecule has 2 aromatic heterocycles. The van der Waals surface area contributed by atoms with Crippen molar-refractivity contribution < 1.29 is 4.79 Å². The van der Waals surface area contributed by atoms with E-state index in [9.17, 15) is 4.79 Å². The minimum absolute atomic E-state index is 0.0323. The Hall–Kier alpha value is -2.51. The maximum absolute atomic E-state index is 12.5. The number of aromatic amines is 1. The quantitative estimate of drug-likeness (QED) is 0.606. The number of fused-ring (bicyclic) bond motifs is 1. The lowest BCUT2D eigenvalue weighted by molar-refractivity contribution is -0.128. The Morgan fingerprint density at radius 1 is 1.26 bits per heavy atom. The number of hydrogen-bond donors (Lipinski definition) is 3. The molecule has 0 spiro atoms. The number of hydrogen-bond acceptors (Lipinski definition) is 5. The fourth-order valence-electron chi connectivity index (χ4n) is 3.23. The van der Waals surface area contributed by atoms with Crippen LogP contribution in [0.5, 0.6) is 0 Å². The maximum Gasteiger partial charge on any atom is 0.241 e. The number of benzene rings is 1. The number of carbonyl (C=O) groups is 1. The Kier molecular flexibility index (Phi) is 5.05. The molecule has 3 aromatic rings. The van der Waals surface area contributed by atoms with Gasteiger partial charge in [-0.25, -0.2) is 9.97 Å². The zero-order valence-electron chi connectivity index (χ0n) is 14.4. The molecule has 1 atom stereocenters. The number of H-pyrrole nitrogens is 1. The molecule has 0 saturated carbocycles. The molecule has 3 heterocycles. The Morgan fingerprint density at radius 2 is 2.07 bits per heavy atom. The zero-order chi connectivity index (χ0) is 18.8. The molecule has 0 bridgehead atoms. The molecule has 7 nitrogen and oxygen atoms in total. The minimum atomic E-state index is 0.0323. The van der Waals surface area contributed by atoms with Gasteiger partial charge in [-0.05, 0) is 30.7 Å². The normalized spacial score (nSPS) is 16.7. The van der Waals surface area contributed by atoms with E-state index in [4.69, 9.17) is 23.2 Å². The zero-order valence-corrected chi connectivity index (χ0v) is 15.9. The van der Waals surface area contributed by atoms with Crippen molar-refractivity contribution in [2.45, 2.75) is 12.5 Å². The van der Waals surface area contributed by atoms with Gasteiger partial charge in [0.2, 0.25) is 5.91 Å². The first-order valence-corrected chi connectivity index (χ1v) is 9.36. The van der Waals surface area contributed by atoms with Gasteiger partial charge in [0, 0.05) is 41.1 Å². The second-order valence-electron chi connectivity index (χ2n) is 6.44. The molecule has 9 heteroatoms. The second-order valence-corrected chi connectivity index (χ2v) is 7.32. The van der Waals surface area contributed by atoms with Crippen molar-refractivity contribution >= 4 is 51.6 Å². The fraction of sp³-hybridized carbons (Fsp3) is 0.278. The Bertz CT molecular complexity index is 955. The summed E-state index contributed by atoms with van der Waals surface area (Å²) in [6.45, 7) is 1.53. The van der Waals surface area contributed by atoms with E-state index < -0.39 is 0 Å². The highest BCUT2D eigenvalue weighted by molar-refractivity contribution is 6.35. The van der Waals surface area contributed by atoms with Gasteiger partial charge in [0.05, 0.1) is 11.9 Å². The highest BCUT2D eigenvalue weighted by Crippen LogP contribution is 2.23. The van der Waals surface area contributed by atoms with Gasteiger partial charge in [-0.3, -0.25) is 4.79 Å². The van der Waals surface area contributed by atoms with Crippen LogP contribution in [0.3, 0.4) is 0 Å². The minimum Gasteiger partial charge on any atom is -0.376 e. The standard InChI is InChI=1S/C18H18Cl2N6O/c19-11-5-12(20)7-14(6-11)22-8-16(27)26-4-2-13(9-26)25-18-15-1-3-21-17(15)23-10-24-18/h1,3,5-7,10,13,22H,2,4,8-9H2,(H2,21,23,24,25)/t13-/m0/s1. The fourth-order valence-corrected chi connectivity index (χ4v) is 3.76. The number of rotatable bonds is 5. The van der Waals surface area contributed by atoms with E-state index in [1.807, 2.05) is 17.2 Å². The van der Waals surface area contributed by atoms with Gasteiger partial charge in [0.15, 0.2) is 0 Å². The van der Waals surface area contributed by atoms with E-state index in [-0.39, 0.29) is 18.5 Å². The van der Waals surface area contributed by atoms with Crippen molar-refractivity contribution in [1.29, 1.82) is 0 Å². The summed E-state index contributed by atoms with van der Waals surface area (Å²) < 4.78 is 0. The van der Waals surface area contributed by atoms with Crippen LogP contribution in [0, 0.1) is 0 Å². The summed E-state index contributed by atoms with van der Waals surface area (Å²) in [5.41, 5.74) is 1.52. The smallest absolute Gasteiger partial charge is 0.241 e. The number of nitrogens with zero attached hydrogens (tertiary/aromatic N) is 3. The predicted molar refractivity (Wildman–Crippen MR) is 107 cm³/mol. The first-order valence-electron chi connectivity index (χ1n) is 8.61. The van der Waals surface area contributed by atoms with Crippen molar-refractivity contribution in [2.24, 2.45) is 0 Å². The van der Waals surface area contributed by atoms with E-state index in [1.165, 1.54) is 6.33 Å². The van der Waals surface area contributed by atoms with E-state index in [1.54, 1.807) is 18.2 Å². The average Bonchev–Trinajstić information content (AvgIpc) is 3.28. The third kappa shape index (κ3) is 4.09. The van der Waals surface area contributed by atoms with Gasteiger partial charge in [-0.15, -0.1) is 0 Å². The van der Waals surface area contributed by atoms with Crippen LogP contribution in [0.4, 0.5) is 11.5 Å². The molecular formula is C18H18Cl2N6O. The summed E-state index contributed by atoms with van der Waals surface area (Å²) in [4.78, 5) is 25.9. The SMILES string of the molecule is O=C(CNc1cc(Cl)cc(Cl)c1)N1CC[C@H](Nc2ncnc3[nH]ccc23)C1. The Morgan fingerprint density at radius 3 is 2.89 bits per heavy atom. The Labute approximate surface area is 166 Å². The summed E-state index contributed by atoms with van der Waals surface area (Å²) in [5.74, 6) is 0.817. The lowest BCUT2D eigenvalue weighted by Crippen LogP contribution is -2.35. The first kappa shape index (κ1) is 17.9. The van der Waals surface area contributed by atoms with Crippen molar-refractivity contribution in [2.75, 3.05) is 30.3 Å². The number of carbonyl (C=O) groups excluding carboxylic acids is 1. The molecule has 0 aliphatic carbocycles. The number of aromatic nitrogens is 3. The number of halogens is 2. The van der Waals surface area contributed by atoms with Gasteiger partial charge in [-0.1, -0.05) is 23.2 Å². The van der Waals surface area contributed by atoms with Crippen molar-refractivity contribution in [3.8, 4) is 0 Å². The molecule has 3 N–H and O–H groups in total. The summed E-state index contributed by atoms with van der Waals surface area (Å²) in [6, 6.07) is 7.23. The van der Waals surface area contributed by atoms with E-state index in [0.717, 1.165) is 29.0 Å². The number of likely N-dealkylation sites (tertiary alicyclic amines) is 1. The predicted octanol–water partition coefficient (Wildman–Crippen LogP) is 3.39. The third-order valence-electron chi connectivity index (χ3n) is 4.54. The lowest BCUT2D eigenvalue weighted by atomic mass is 10.2. The Balaban J connectivity index is 1.33. The highest BCUT2D eigenvalue weighted by atomic mass is 35.5. The molecule has 140 valence electrons. The maximum atomic E-state index is 12.5. The summed E-state index contributed by atoms with van der Waals surface area (Å²) in [6.07, 6.45) is 4.23. The molecule has 1 aliphatic heterocycles. The molecule has 1 saturated heterocycles. The van der Waals surface area contributed by atoms with Gasteiger partial charge < -0.3 is 20.5 Å². The monoisotopic (exact) mass is 404 g/mol. The van der Waals surface area contributed by atoms with Crippen LogP contribution in [-0.4, -0.2) is 51.4 Å². The lowest BCUT2D eigenvalue weighted by Gasteiger charge is -2.18. The summed E-state index contributed by atoms with van der Waals surface area (Å²) >= 11 is 12.0. The molecule has 1 aliphatic rings. The van der Waals surface area contributed by atoms with Crippen LogP contribution < -0.4 is 10.6 Å². The highest BCUT2D eigenvalue weighted by Gasteiger charge is 2.26. The average molecular weight is 405 g/mol. The van der Waals surface area contributed by atoms with Crippen LogP contribution in [0.25, 0.3) is 11.0 Å². The number of anilines is 2. The molecule has 4 rings (SSSR count). The summed E-state index contributed by atoms with van der Waals surface area (Å²) in [7, 11) is 0. The van der Waals surface area contributed by atoms with E-state index in [0.29, 0.717) is 23.1 Å². The van der Waals surface area contributed by atoms with Crippen LogP contribution >= 0.6 is 23.2 Å². The van der Waals surface area contributed by atoms with Crippen molar-refractivity contribution in [3.05, 3.63) is 46.8 Å². The van der Waals surface area contributed by atoms with Crippen molar-refractivity contribution in [3.63, 3.8) is 0 Å². The molecular weight excluding hydrogens is 387 g/mol. The van der Waals surface area contributed by atoms with Gasteiger partial charge in [0.1, 0.15) is 17.8 Å². The number of nitrogens with one attached hydrogen (secondary N) is 3. The van der Waals surface area contributed by atoms with Gasteiger partial charge in [0.25, 0.3) is 0 Å². The summed E-state index contributed by atoms with van der Waals surface area (Å²) in [5, 5.41) is 8.51. The molecule has 27 heavy (non-hydrogen) atoms. The topological polar surface area (TPSA) is 85.9 Å². The van der Waals surface area contributed by atoms with Crippen LogP contribution in [0.1, 0.15) is 6.42 Å². The van der Waals surface area contributed by atoms with Crippen molar-refractivity contribution in [1.82, 2.24) is 19.9 Å². The van der Waals surface area contributed by atoms with E-state index >= 15 is 0 Å². The molecule has 1 fully saturated rings. The number of amides is 1. The first-order chi connectivity index (χ1) is 13.1. The van der Waals surface area contributed by atoms with E-state index in [2.05, 4.69) is 25.6 Å². The van der Waals surface area contributed by atoms with Crippen LogP contribution in [-0.2, 0) is 4.79 Å². The largest absolute Gasteiger partial charge is 0.376 e. The molecule has 1 amide bonds. The second kappa shape index (κ2) is 7.62. The van der Waals surface area contributed by atoms with Crippen LogP contribution in [0.2, 0.25) is 10.0 Å². The molecule has 0 radical (unpaired) electrons. The van der Waals surface area contributed by atoms with Gasteiger partial charge >= 0.3 is 0 Å². The van der Waals surface area contributed by atoms with Gasteiger partial charge in [-0.2, -0.15) is 0 Å². The van der Waals surface area contributed by atoms with Crippen LogP contribution in [0.15, 0.2) is 36.8 Å². The third-order valence-corrected chi connectivity index (χ3v) is 4.98.